The molecule has 5 nitrogen and oxygen atoms in total. The number of nitrogens with one attached hydrogen (secondary N) is 1. The first-order valence-corrected chi connectivity index (χ1v) is 7.85. The maximum Gasteiger partial charge on any atom is 0.203 e. The SMILES string of the molecule is COCCCNc1nc(C)cn1C(C)CS(C)=O. The largest absolute Gasteiger partial charge is 0.385 e. The second kappa shape index (κ2) is 7.53. The van der Waals surface area contributed by atoms with Gasteiger partial charge < -0.3 is 14.6 Å². The molecule has 0 aliphatic heterocycles. The normalized spacial score (nSPS) is 14.4. The molecule has 0 fully saturated rings. The van der Waals surface area contributed by atoms with E-state index in [1.54, 1.807) is 13.4 Å². The molecule has 0 spiro atoms. The monoisotopic (exact) mass is 273 g/mol. The van der Waals surface area contributed by atoms with Crippen molar-refractivity contribution in [1.29, 1.82) is 0 Å². The van der Waals surface area contributed by atoms with Crippen LogP contribution in [0.4, 0.5) is 5.95 Å². The average Bonchev–Trinajstić information content (AvgIpc) is 2.65. The highest BCUT2D eigenvalue weighted by atomic mass is 32.2. The summed E-state index contributed by atoms with van der Waals surface area (Å²) in [6.45, 7) is 5.59. The summed E-state index contributed by atoms with van der Waals surface area (Å²) >= 11 is 0. The molecule has 104 valence electrons. The average molecular weight is 273 g/mol. The number of hydrogen-bond donors (Lipinski definition) is 1. The van der Waals surface area contributed by atoms with Crippen LogP contribution in [0.3, 0.4) is 0 Å². The molecule has 1 rings (SSSR count). The Kier molecular flexibility index (Phi) is 6.35. The Hall–Kier alpha value is -0.880. The molecule has 0 saturated heterocycles. The van der Waals surface area contributed by atoms with Crippen LogP contribution in [-0.4, -0.2) is 46.0 Å². The molecule has 2 unspecified atom stereocenters. The fourth-order valence-corrected chi connectivity index (χ4v) is 2.66. The van der Waals surface area contributed by atoms with Crippen LogP contribution in [0.25, 0.3) is 0 Å². The lowest BCUT2D eigenvalue weighted by molar-refractivity contribution is 0.197. The number of hydrogen-bond acceptors (Lipinski definition) is 4. The summed E-state index contributed by atoms with van der Waals surface area (Å²) in [4.78, 5) is 4.45. The lowest BCUT2D eigenvalue weighted by Gasteiger charge is -2.15. The maximum absolute atomic E-state index is 11.3. The van der Waals surface area contributed by atoms with Crippen LogP contribution in [0.5, 0.6) is 0 Å². The standard InChI is InChI=1S/C12H23N3O2S/c1-10-8-15(11(2)9-18(4)16)12(14-10)13-6-5-7-17-3/h8,11H,5-7,9H2,1-4H3,(H,13,14). The van der Waals surface area contributed by atoms with Gasteiger partial charge in [0, 0.05) is 55.3 Å². The zero-order valence-corrected chi connectivity index (χ0v) is 12.4. The topological polar surface area (TPSA) is 56.1 Å². The van der Waals surface area contributed by atoms with Crippen molar-refractivity contribution in [3.63, 3.8) is 0 Å². The van der Waals surface area contributed by atoms with Crippen LogP contribution in [-0.2, 0) is 15.5 Å². The minimum atomic E-state index is -0.800. The van der Waals surface area contributed by atoms with E-state index in [0.717, 1.165) is 31.2 Å². The predicted molar refractivity (Wildman–Crippen MR) is 75.6 cm³/mol. The van der Waals surface area contributed by atoms with E-state index < -0.39 is 10.8 Å². The third kappa shape index (κ3) is 4.78. The molecule has 6 heteroatoms. The minimum Gasteiger partial charge on any atom is -0.385 e. The van der Waals surface area contributed by atoms with Crippen molar-refractivity contribution in [2.45, 2.75) is 26.3 Å². The van der Waals surface area contributed by atoms with Crippen molar-refractivity contribution in [2.24, 2.45) is 0 Å². The highest BCUT2D eigenvalue weighted by Crippen LogP contribution is 2.16. The molecule has 0 bridgehead atoms. The van der Waals surface area contributed by atoms with Gasteiger partial charge in [0.2, 0.25) is 5.95 Å². The van der Waals surface area contributed by atoms with Crippen LogP contribution < -0.4 is 5.32 Å². The second-order valence-electron chi connectivity index (χ2n) is 4.48. The maximum atomic E-state index is 11.3. The van der Waals surface area contributed by atoms with Gasteiger partial charge in [-0.25, -0.2) is 4.98 Å². The fourth-order valence-electron chi connectivity index (χ4n) is 1.82. The van der Waals surface area contributed by atoms with Gasteiger partial charge >= 0.3 is 0 Å². The molecule has 18 heavy (non-hydrogen) atoms. The summed E-state index contributed by atoms with van der Waals surface area (Å²) in [5.74, 6) is 1.49. The first-order chi connectivity index (χ1) is 8.54. The van der Waals surface area contributed by atoms with E-state index in [-0.39, 0.29) is 6.04 Å². The van der Waals surface area contributed by atoms with Crippen LogP contribution in [0.2, 0.25) is 0 Å². The van der Waals surface area contributed by atoms with Gasteiger partial charge in [-0.15, -0.1) is 0 Å². The molecule has 1 aromatic rings. The van der Waals surface area contributed by atoms with Gasteiger partial charge in [-0.2, -0.15) is 0 Å². The van der Waals surface area contributed by atoms with Gasteiger partial charge in [-0.1, -0.05) is 0 Å². The zero-order valence-electron chi connectivity index (χ0n) is 11.6. The molecular formula is C12H23N3O2S. The van der Waals surface area contributed by atoms with Crippen molar-refractivity contribution in [3.8, 4) is 0 Å². The summed E-state index contributed by atoms with van der Waals surface area (Å²) in [6.07, 6.45) is 4.67. The number of rotatable bonds is 8. The summed E-state index contributed by atoms with van der Waals surface area (Å²) in [5.41, 5.74) is 0.970. The van der Waals surface area contributed by atoms with E-state index in [1.807, 2.05) is 13.1 Å². The first kappa shape index (κ1) is 15.2. The zero-order chi connectivity index (χ0) is 13.5. The summed E-state index contributed by atoms with van der Waals surface area (Å²) < 4.78 is 18.4. The molecule has 0 aromatic carbocycles. The lowest BCUT2D eigenvalue weighted by Crippen LogP contribution is -2.16. The van der Waals surface area contributed by atoms with E-state index in [0.29, 0.717) is 5.75 Å². The van der Waals surface area contributed by atoms with Crippen molar-refractivity contribution < 1.29 is 8.95 Å². The molecule has 0 aliphatic carbocycles. The van der Waals surface area contributed by atoms with E-state index >= 15 is 0 Å². The van der Waals surface area contributed by atoms with Crippen molar-refractivity contribution in [1.82, 2.24) is 9.55 Å². The van der Waals surface area contributed by atoms with E-state index in [1.165, 1.54) is 0 Å². The van der Waals surface area contributed by atoms with Crippen LogP contribution in [0.15, 0.2) is 6.20 Å². The molecule has 1 heterocycles. The van der Waals surface area contributed by atoms with Crippen molar-refractivity contribution in [3.05, 3.63) is 11.9 Å². The number of aromatic nitrogens is 2. The second-order valence-corrected chi connectivity index (χ2v) is 5.95. The van der Waals surface area contributed by atoms with Gasteiger partial charge in [0.15, 0.2) is 0 Å². The number of ether oxygens (including phenoxy) is 1. The summed E-state index contributed by atoms with van der Waals surface area (Å²) in [7, 11) is 0.898. The molecule has 1 N–H and O–H groups in total. The quantitative estimate of drug-likeness (QED) is 0.731. The van der Waals surface area contributed by atoms with Gasteiger partial charge in [0.05, 0.1) is 5.69 Å². The summed E-state index contributed by atoms with van der Waals surface area (Å²) in [6, 6.07) is 0.182. The third-order valence-corrected chi connectivity index (χ3v) is 3.56. The Labute approximate surface area is 111 Å². The van der Waals surface area contributed by atoms with E-state index in [9.17, 15) is 4.21 Å². The summed E-state index contributed by atoms with van der Waals surface area (Å²) in [5, 5.41) is 3.30. The first-order valence-electron chi connectivity index (χ1n) is 6.13. The van der Waals surface area contributed by atoms with Crippen LogP contribution >= 0.6 is 0 Å². The number of aryl methyl sites for hydroxylation is 1. The number of nitrogens with zero attached hydrogens (tertiary/aromatic N) is 2. The van der Waals surface area contributed by atoms with Gasteiger partial charge in [-0.05, 0) is 20.3 Å². The molecule has 0 aliphatic rings. The Morgan fingerprint density at radius 1 is 1.61 bits per heavy atom. The fraction of sp³-hybridized carbons (Fsp3) is 0.750. The van der Waals surface area contributed by atoms with E-state index in [4.69, 9.17) is 4.74 Å². The van der Waals surface area contributed by atoms with Crippen LogP contribution in [0, 0.1) is 6.92 Å². The minimum absolute atomic E-state index is 0.182. The van der Waals surface area contributed by atoms with Crippen LogP contribution in [0.1, 0.15) is 25.1 Å². The molecule has 1 aromatic heterocycles. The molecule has 0 amide bonds. The molecular weight excluding hydrogens is 250 g/mol. The Bertz CT molecular complexity index is 393. The van der Waals surface area contributed by atoms with Crippen molar-refractivity contribution >= 4 is 16.7 Å². The van der Waals surface area contributed by atoms with Crippen molar-refractivity contribution in [2.75, 3.05) is 37.6 Å². The predicted octanol–water partition coefficient (Wildman–Crippen LogP) is 1.58. The van der Waals surface area contributed by atoms with E-state index in [2.05, 4.69) is 21.8 Å². The third-order valence-electron chi connectivity index (χ3n) is 2.61. The Morgan fingerprint density at radius 2 is 2.33 bits per heavy atom. The Morgan fingerprint density at radius 3 is 2.94 bits per heavy atom. The number of methoxy groups -OCH3 is 1. The van der Waals surface area contributed by atoms with Gasteiger partial charge in [-0.3, -0.25) is 4.21 Å². The molecule has 2 atom stereocenters. The number of imidazole rings is 1. The lowest BCUT2D eigenvalue weighted by atomic mass is 10.4. The molecule has 0 saturated carbocycles. The van der Waals surface area contributed by atoms with Gasteiger partial charge in [0.1, 0.15) is 0 Å². The van der Waals surface area contributed by atoms with Gasteiger partial charge in [0.25, 0.3) is 0 Å². The number of anilines is 1. The highest BCUT2D eigenvalue weighted by Gasteiger charge is 2.12. The molecule has 0 radical (unpaired) electrons. The smallest absolute Gasteiger partial charge is 0.203 e. The highest BCUT2D eigenvalue weighted by molar-refractivity contribution is 7.84. The Balaban J connectivity index is 2.63.